The number of rotatable bonds is 15. The Labute approximate surface area is 175 Å². The highest BCUT2D eigenvalue weighted by molar-refractivity contribution is 5.92. The maximum absolute atomic E-state index is 11.9. The number of carboxylic acid groups (broad SMARTS) is 1. The lowest BCUT2D eigenvalue weighted by Crippen LogP contribution is -2.11. The van der Waals surface area contributed by atoms with Crippen LogP contribution in [0.2, 0.25) is 0 Å². The van der Waals surface area contributed by atoms with Crippen molar-refractivity contribution in [1.82, 2.24) is 0 Å². The lowest BCUT2D eigenvalue weighted by Gasteiger charge is -2.05. The molecular formula is C25H35NO3. The van der Waals surface area contributed by atoms with Crippen LogP contribution in [-0.4, -0.2) is 17.0 Å². The second kappa shape index (κ2) is 16.3. The number of hydrogen-bond acceptors (Lipinski definition) is 2. The summed E-state index contributed by atoms with van der Waals surface area (Å²) in [5.41, 5.74) is 0.855. The third kappa shape index (κ3) is 13.2. The Kier molecular flexibility index (Phi) is 13.8. The topological polar surface area (TPSA) is 66.4 Å². The van der Waals surface area contributed by atoms with E-state index in [1.165, 1.54) is 25.0 Å². The van der Waals surface area contributed by atoms with Gasteiger partial charge in [0.25, 0.3) is 0 Å². The average molecular weight is 398 g/mol. The van der Waals surface area contributed by atoms with Crippen LogP contribution in [0.3, 0.4) is 0 Å². The van der Waals surface area contributed by atoms with E-state index in [1.807, 2.05) is 0 Å². The molecule has 1 aromatic rings. The molecule has 4 heteroatoms. The number of nitrogens with one attached hydrogen (secondary N) is 1. The van der Waals surface area contributed by atoms with Crippen molar-refractivity contribution in [3.63, 3.8) is 0 Å². The van der Waals surface area contributed by atoms with Gasteiger partial charge in [-0.05, 0) is 62.8 Å². The van der Waals surface area contributed by atoms with Gasteiger partial charge in [0.05, 0.1) is 5.56 Å². The molecular weight excluding hydrogens is 362 g/mol. The number of carbonyl (C=O) groups excluding carboxylic acids is 1. The van der Waals surface area contributed by atoms with Crippen LogP contribution in [0.1, 0.15) is 81.5 Å². The summed E-state index contributed by atoms with van der Waals surface area (Å²) in [5.74, 6) is -0.986. The summed E-state index contributed by atoms with van der Waals surface area (Å²) >= 11 is 0. The molecule has 1 rings (SSSR count). The van der Waals surface area contributed by atoms with E-state index in [2.05, 4.69) is 48.7 Å². The minimum absolute atomic E-state index is 0.0192. The first-order valence-electron chi connectivity index (χ1n) is 10.7. The summed E-state index contributed by atoms with van der Waals surface area (Å²) in [5, 5.41) is 11.7. The maximum Gasteiger partial charge on any atom is 0.335 e. The number of carboxylic acids is 1. The molecule has 2 N–H and O–H groups in total. The SMILES string of the molecule is CC/C=C\C/C=C\C/C=C\CCCCCCCC(=O)Nc1ccc(C(=O)O)cc1. The van der Waals surface area contributed by atoms with E-state index in [4.69, 9.17) is 5.11 Å². The highest BCUT2D eigenvalue weighted by Crippen LogP contribution is 2.12. The Bertz CT molecular complexity index is 672. The van der Waals surface area contributed by atoms with Gasteiger partial charge in [0, 0.05) is 12.1 Å². The molecule has 4 nitrogen and oxygen atoms in total. The number of unbranched alkanes of at least 4 members (excludes halogenated alkanes) is 5. The third-order valence-electron chi connectivity index (χ3n) is 4.47. The van der Waals surface area contributed by atoms with Crippen LogP contribution < -0.4 is 5.32 Å². The minimum Gasteiger partial charge on any atom is -0.478 e. The van der Waals surface area contributed by atoms with Crippen molar-refractivity contribution in [2.75, 3.05) is 5.32 Å². The largest absolute Gasteiger partial charge is 0.478 e. The van der Waals surface area contributed by atoms with Gasteiger partial charge in [-0.1, -0.05) is 62.6 Å². The van der Waals surface area contributed by atoms with Crippen LogP contribution in [0.25, 0.3) is 0 Å². The zero-order chi connectivity index (χ0) is 21.2. The number of amides is 1. The fourth-order valence-electron chi connectivity index (χ4n) is 2.82. The van der Waals surface area contributed by atoms with Crippen molar-refractivity contribution in [3.05, 3.63) is 66.3 Å². The number of aromatic carboxylic acids is 1. The minimum atomic E-state index is -0.967. The van der Waals surface area contributed by atoms with Crippen LogP contribution in [0.4, 0.5) is 5.69 Å². The fourth-order valence-corrected chi connectivity index (χ4v) is 2.82. The summed E-state index contributed by atoms with van der Waals surface area (Å²) < 4.78 is 0. The van der Waals surface area contributed by atoms with Crippen LogP contribution in [0.15, 0.2) is 60.7 Å². The van der Waals surface area contributed by atoms with Crippen molar-refractivity contribution in [1.29, 1.82) is 0 Å². The molecule has 0 heterocycles. The molecule has 0 radical (unpaired) electrons. The number of hydrogen-bond donors (Lipinski definition) is 2. The lowest BCUT2D eigenvalue weighted by atomic mass is 10.1. The highest BCUT2D eigenvalue weighted by Gasteiger charge is 2.04. The highest BCUT2D eigenvalue weighted by atomic mass is 16.4. The predicted molar refractivity (Wildman–Crippen MR) is 121 cm³/mol. The second-order valence-corrected chi connectivity index (χ2v) is 7.03. The quantitative estimate of drug-likeness (QED) is 0.249. The van der Waals surface area contributed by atoms with Gasteiger partial charge in [0.15, 0.2) is 0 Å². The van der Waals surface area contributed by atoms with E-state index in [9.17, 15) is 9.59 Å². The first kappa shape index (κ1) is 24.4. The van der Waals surface area contributed by atoms with Gasteiger partial charge in [0.1, 0.15) is 0 Å². The molecule has 158 valence electrons. The Balaban J connectivity index is 1.98. The molecule has 0 unspecified atom stereocenters. The first-order valence-corrected chi connectivity index (χ1v) is 10.7. The Morgan fingerprint density at radius 3 is 2.07 bits per heavy atom. The van der Waals surface area contributed by atoms with Gasteiger partial charge in [-0.2, -0.15) is 0 Å². The van der Waals surface area contributed by atoms with Gasteiger partial charge in [-0.3, -0.25) is 4.79 Å². The summed E-state index contributed by atoms with van der Waals surface area (Å²) in [6, 6.07) is 6.23. The molecule has 0 saturated heterocycles. The molecule has 0 aliphatic heterocycles. The zero-order valence-electron chi connectivity index (χ0n) is 17.6. The van der Waals surface area contributed by atoms with Crippen LogP contribution >= 0.6 is 0 Å². The lowest BCUT2D eigenvalue weighted by molar-refractivity contribution is -0.116. The summed E-state index contributed by atoms with van der Waals surface area (Å²) in [6.07, 6.45) is 23.5. The van der Waals surface area contributed by atoms with E-state index >= 15 is 0 Å². The molecule has 0 saturated carbocycles. The van der Waals surface area contributed by atoms with Gasteiger partial charge in [0.2, 0.25) is 5.91 Å². The van der Waals surface area contributed by atoms with E-state index in [1.54, 1.807) is 12.1 Å². The Morgan fingerprint density at radius 1 is 0.828 bits per heavy atom. The number of anilines is 1. The fraction of sp³-hybridized carbons (Fsp3) is 0.440. The molecule has 0 aliphatic carbocycles. The van der Waals surface area contributed by atoms with E-state index in [0.717, 1.165) is 44.9 Å². The molecule has 1 amide bonds. The normalized spacial score (nSPS) is 11.6. The zero-order valence-corrected chi connectivity index (χ0v) is 17.6. The number of allylic oxidation sites excluding steroid dienone is 6. The predicted octanol–water partition coefficient (Wildman–Crippen LogP) is 6.91. The molecule has 0 aliphatic rings. The molecule has 29 heavy (non-hydrogen) atoms. The Hall–Kier alpha value is -2.62. The van der Waals surface area contributed by atoms with Crippen molar-refractivity contribution < 1.29 is 14.7 Å². The van der Waals surface area contributed by atoms with Gasteiger partial charge in [-0.25, -0.2) is 4.79 Å². The van der Waals surface area contributed by atoms with E-state index in [0.29, 0.717) is 12.1 Å². The summed E-state index contributed by atoms with van der Waals surface area (Å²) in [4.78, 5) is 22.7. The van der Waals surface area contributed by atoms with Crippen molar-refractivity contribution >= 4 is 17.6 Å². The standard InChI is InChI=1S/C25H35NO3/c1-2-3-4-5-6-7-8-9-10-11-12-13-14-15-16-17-24(27)26-23-20-18-22(19-21-23)25(28)29/h3-4,6-7,9-10,18-21H,2,5,8,11-17H2,1H3,(H,26,27)(H,28,29)/b4-3-,7-6-,10-9-. The average Bonchev–Trinajstić information content (AvgIpc) is 2.71. The van der Waals surface area contributed by atoms with Gasteiger partial charge >= 0.3 is 5.97 Å². The van der Waals surface area contributed by atoms with Gasteiger partial charge < -0.3 is 10.4 Å². The molecule has 0 atom stereocenters. The molecule has 0 spiro atoms. The first-order chi connectivity index (χ1) is 14.1. The van der Waals surface area contributed by atoms with Gasteiger partial charge in [-0.15, -0.1) is 0 Å². The second-order valence-electron chi connectivity index (χ2n) is 7.03. The van der Waals surface area contributed by atoms with Crippen LogP contribution in [-0.2, 0) is 4.79 Å². The van der Waals surface area contributed by atoms with Crippen LogP contribution in [0, 0.1) is 0 Å². The third-order valence-corrected chi connectivity index (χ3v) is 4.47. The Morgan fingerprint density at radius 2 is 1.41 bits per heavy atom. The molecule has 0 fully saturated rings. The van der Waals surface area contributed by atoms with Crippen LogP contribution in [0.5, 0.6) is 0 Å². The number of benzene rings is 1. The maximum atomic E-state index is 11.9. The number of carbonyl (C=O) groups is 2. The molecule has 1 aromatic carbocycles. The molecule has 0 aromatic heterocycles. The van der Waals surface area contributed by atoms with Crippen molar-refractivity contribution in [3.8, 4) is 0 Å². The summed E-state index contributed by atoms with van der Waals surface area (Å²) in [7, 11) is 0. The monoisotopic (exact) mass is 397 g/mol. The van der Waals surface area contributed by atoms with E-state index in [-0.39, 0.29) is 11.5 Å². The molecule has 0 bridgehead atoms. The van der Waals surface area contributed by atoms with Crippen molar-refractivity contribution in [2.24, 2.45) is 0 Å². The smallest absolute Gasteiger partial charge is 0.335 e. The summed E-state index contributed by atoms with van der Waals surface area (Å²) in [6.45, 7) is 2.15. The van der Waals surface area contributed by atoms with E-state index < -0.39 is 5.97 Å². The van der Waals surface area contributed by atoms with Crippen molar-refractivity contribution in [2.45, 2.75) is 71.1 Å².